The minimum Gasteiger partial charge on any atom is -0.439 e. The Morgan fingerprint density at radius 3 is 2.67 bits per heavy atom. The molecule has 5 nitrogen and oxygen atoms in total. The average molecular weight is 370 g/mol. The lowest BCUT2D eigenvalue weighted by Crippen LogP contribution is -2.20. The van der Waals surface area contributed by atoms with Crippen molar-refractivity contribution < 1.29 is 9.53 Å². The standard InChI is InChI=1S/C19H23N3O2.C3H8/c1-2-3-10-21-17-8-4-13-11-15(6-7-16(13)17)24-18-9-5-14(12-22-18)19(20)23;1-3-2/h5-7,9,11-12,17,21H,2-4,8,10H2,1H3,(H2,20,23);3H2,1-2H3. The van der Waals surface area contributed by atoms with Crippen molar-refractivity contribution in [1.82, 2.24) is 10.3 Å². The van der Waals surface area contributed by atoms with E-state index in [1.54, 1.807) is 12.1 Å². The lowest BCUT2D eigenvalue weighted by atomic mass is 10.1. The molecule has 1 atom stereocenters. The predicted octanol–water partition coefficient (Wildman–Crippen LogP) is 4.77. The van der Waals surface area contributed by atoms with Gasteiger partial charge in [-0.15, -0.1) is 0 Å². The monoisotopic (exact) mass is 369 g/mol. The molecule has 3 rings (SSSR count). The minimum absolute atomic E-state index is 0.372. The van der Waals surface area contributed by atoms with E-state index in [-0.39, 0.29) is 0 Å². The van der Waals surface area contributed by atoms with Crippen molar-refractivity contribution >= 4 is 5.91 Å². The fraction of sp³-hybridized carbons (Fsp3) is 0.455. The number of carbonyl (C=O) groups excluding carboxylic acids is 1. The molecule has 1 heterocycles. The molecule has 1 aliphatic carbocycles. The zero-order valence-corrected chi connectivity index (χ0v) is 16.6. The molecule has 1 aliphatic rings. The molecule has 0 bridgehead atoms. The van der Waals surface area contributed by atoms with Crippen LogP contribution in [0.4, 0.5) is 0 Å². The molecule has 1 amide bonds. The first-order valence-electron chi connectivity index (χ1n) is 9.88. The van der Waals surface area contributed by atoms with Gasteiger partial charge in [-0.2, -0.15) is 0 Å². The van der Waals surface area contributed by atoms with E-state index in [4.69, 9.17) is 10.5 Å². The van der Waals surface area contributed by atoms with Crippen molar-refractivity contribution in [3.63, 3.8) is 0 Å². The lowest BCUT2D eigenvalue weighted by molar-refractivity contribution is 0.1000. The number of primary amides is 1. The van der Waals surface area contributed by atoms with Gasteiger partial charge in [0.2, 0.25) is 11.8 Å². The van der Waals surface area contributed by atoms with Crippen molar-refractivity contribution in [2.24, 2.45) is 5.73 Å². The third-order valence-electron chi connectivity index (χ3n) is 4.36. The van der Waals surface area contributed by atoms with Crippen LogP contribution in [0.3, 0.4) is 0 Å². The zero-order chi connectivity index (χ0) is 19.6. The number of aryl methyl sites for hydroxylation is 1. The lowest BCUT2D eigenvalue weighted by Gasteiger charge is -2.14. The van der Waals surface area contributed by atoms with Gasteiger partial charge in [0.1, 0.15) is 5.75 Å². The van der Waals surface area contributed by atoms with Gasteiger partial charge in [-0.05, 0) is 55.1 Å². The molecular formula is C22H31N3O2. The molecule has 0 aliphatic heterocycles. The summed E-state index contributed by atoms with van der Waals surface area (Å²) in [5.74, 6) is 0.728. The first kappa shape index (κ1) is 20.9. The molecule has 2 aromatic rings. The number of benzene rings is 1. The van der Waals surface area contributed by atoms with E-state index in [9.17, 15) is 4.79 Å². The van der Waals surface area contributed by atoms with E-state index < -0.39 is 5.91 Å². The molecule has 0 spiro atoms. The molecular weight excluding hydrogens is 338 g/mol. The number of unbranched alkanes of at least 4 members (excludes halogenated alkanes) is 1. The number of carbonyl (C=O) groups is 1. The van der Waals surface area contributed by atoms with Crippen LogP contribution in [0.15, 0.2) is 36.5 Å². The Morgan fingerprint density at radius 2 is 2.04 bits per heavy atom. The number of aromatic nitrogens is 1. The summed E-state index contributed by atoms with van der Waals surface area (Å²) in [6, 6.07) is 9.92. The summed E-state index contributed by atoms with van der Waals surface area (Å²) < 4.78 is 5.79. The van der Waals surface area contributed by atoms with Crippen LogP contribution in [0.25, 0.3) is 0 Å². The van der Waals surface area contributed by atoms with E-state index in [1.807, 2.05) is 6.07 Å². The van der Waals surface area contributed by atoms with E-state index in [0.29, 0.717) is 17.5 Å². The summed E-state index contributed by atoms with van der Waals surface area (Å²) in [6.45, 7) is 7.52. The molecule has 146 valence electrons. The highest BCUT2D eigenvalue weighted by atomic mass is 16.5. The first-order chi connectivity index (χ1) is 13.1. The fourth-order valence-electron chi connectivity index (χ4n) is 3.03. The molecule has 0 radical (unpaired) electrons. The smallest absolute Gasteiger partial charge is 0.250 e. The Morgan fingerprint density at radius 1 is 1.26 bits per heavy atom. The SMILES string of the molecule is CCC.CCCCNC1CCc2cc(Oc3ccc(C(N)=O)cn3)ccc21. The van der Waals surface area contributed by atoms with E-state index >= 15 is 0 Å². The Bertz CT molecular complexity index is 729. The summed E-state index contributed by atoms with van der Waals surface area (Å²) >= 11 is 0. The number of fused-ring (bicyclic) bond motifs is 1. The Labute approximate surface area is 162 Å². The molecule has 0 saturated carbocycles. The quantitative estimate of drug-likeness (QED) is 0.690. The van der Waals surface area contributed by atoms with Gasteiger partial charge in [0, 0.05) is 18.3 Å². The first-order valence-corrected chi connectivity index (χ1v) is 9.88. The van der Waals surface area contributed by atoms with E-state index in [0.717, 1.165) is 25.1 Å². The number of hydrogen-bond donors (Lipinski definition) is 2. The van der Waals surface area contributed by atoms with Gasteiger partial charge in [-0.3, -0.25) is 4.79 Å². The number of nitrogens with zero attached hydrogens (tertiary/aromatic N) is 1. The highest BCUT2D eigenvalue weighted by molar-refractivity contribution is 5.92. The van der Waals surface area contributed by atoms with Crippen LogP contribution in [-0.4, -0.2) is 17.4 Å². The maximum atomic E-state index is 11.1. The number of rotatable bonds is 7. The second-order valence-electron chi connectivity index (χ2n) is 6.82. The topological polar surface area (TPSA) is 77.2 Å². The highest BCUT2D eigenvalue weighted by Gasteiger charge is 2.22. The minimum atomic E-state index is -0.492. The fourth-order valence-corrected chi connectivity index (χ4v) is 3.03. The van der Waals surface area contributed by atoms with Crippen LogP contribution >= 0.6 is 0 Å². The van der Waals surface area contributed by atoms with E-state index in [1.165, 1.54) is 36.6 Å². The number of pyridine rings is 1. The number of hydrogen-bond acceptors (Lipinski definition) is 4. The van der Waals surface area contributed by atoms with Gasteiger partial charge < -0.3 is 15.8 Å². The van der Waals surface area contributed by atoms with E-state index in [2.05, 4.69) is 43.2 Å². The van der Waals surface area contributed by atoms with Gasteiger partial charge in [0.05, 0.1) is 5.56 Å². The van der Waals surface area contributed by atoms with Crippen LogP contribution in [0.1, 0.15) is 74.0 Å². The highest BCUT2D eigenvalue weighted by Crippen LogP contribution is 2.34. The van der Waals surface area contributed by atoms with Crippen molar-refractivity contribution in [2.75, 3.05) is 6.54 Å². The summed E-state index contributed by atoms with van der Waals surface area (Å²) in [4.78, 5) is 15.2. The van der Waals surface area contributed by atoms with Gasteiger partial charge in [-0.1, -0.05) is 39.7 Å². The van der Waals surface area contributed by atoms with Crippen molar-refractivity contribution in [2.45, 2.75) is 58.9 Å². The molecule has 1 unspecified atom stereocenters. The van der Waals surface area contributed by atoms with Gasteiger partial charge >= 0.3 is 0 Å². The molecule has 1 aromatic carbocycles. The molecule has 27 heavy (non-hydrogen) atoms. The Balaban J connectivity index is 0.000000817. The van der Waals surface area contributed by atoms with Crippen LogP contribution in [-0.2, 0) is 6.42 Å². The van der Waals surface area contributed by atoms with Crippen molar-refractivity contribution in [3.05, 3.63) is 53.2 Å². The Kier molecular flexibility index (Phi) is 8.27. The summed E-state index contributed by atoms with van der Waals surface area (Å²) in [5.41, 5.74) is 8.28. The van der Waals surface area contributed by atoms with Gasteiger partial charge in [0.15, 0.2) is 0 Å². The summed E-state index contributed by atoms with van der Waals surface area (Å²) in [6.07, 6.45) is 7.29. The summed E-state index contributed by atoms with van der Waals surface area (Å²) in [5, 5.41) is 3.63. The number of ether oxygens (including phenoxy) is 1. The molecule has 0 fully saturated rings. The molecule has 5 heteroatoms. The maximum Gasteiger partial charge on any atom is 0.250 e. The average Bonchev–Trinajstić information content (AvgIpc) is 3.05. The molecule has 1 aromatic heterocycles. The second-order valence-corrected chi connectivity index (χ2v) is 6.82. The number of nitrogens with two attached hydrogens (primary N) is 1. The third-order valence-corrected chi connectivity index (χ3v) is 4.36. The number of amides is 1. The normalized spacial score (nSPS) is 14.9. The number of nitrogens with one attached hydrogen (secondary N) is 1. The van der Waals surface area contributed by atoms with Gasteiger partial charge in [-0.25, -0.2) is 4.98 Å². The van der Waals surface area contributed by atoms with Crippen LogP contribution in [0, 0.1) is 0 Å². The zero-order valence-electron chi connectivity index (χ0n) is 16.6. The maximum absolute atomic E-state index is 11.1. The van der Waals surface area contributed by atoms with Crippen molar-refractivity contribution in [1.29, 1.82) is 0 Å². The van der Waals surface area contributed by atoms with Crippen LogP contribution in [0.5, 0.6) is 11.6 Å². The molecule has 0 saturated heterocycles. The predicted molar refractivity (Wildman–Crippen MR) is 109 cm³/mol. The second kappa shape index (κ2) is 10.7. The van der Waals surface area contributed by atoms with Gasteiger partial charge in [0.25, 0.3) is 0 Å². The van der Waals surface area contributed by atoms with Crippen LogP contribution in [0.2, 0.25) is 0 Å². The molecule has 3 N–H and O–H groups in total. The Hall–Kier alpha value is -2.40. The van der Waals surface area contributed by atoms with Crippen LogP contribution < -0.4 is 15.8 Å². The largest absolute Gasteiger partial charge is 0.439 e. The van der Waals surface area contributed by atoms with Crippen molar-refractivity contribution in [3.8, 4) is 11.6 Å². The summed E-state index contributed by atoms with van der Waals surface area (Å²) in [7, 11) is 0. The third kappa shape index (κ3) is 6.07.